The molecule has 0 aliphatic rings. The van der Waals surface area contributed by atoms with Crippen molar-refractivity contribution in [1.82, 2.24) is 0 Å². The Kier molecular flexibility index (Phi) is 6.60. The fourth-order valence-corrected chi connectivity index (χ4v) is 3.07. The Hall–Kier alpha value is -4.98. The molecule has 1 amide bonds. The van der Waals surface area contributed by atoms with E-state index in [0.29, 0.717) is 34.1 Å². The van der Waals surface area contributed by atoms with E-state index in [9.17, 15) is 19.7 Å². The topological polar surface area (TPSA) is 116 Å². The zero-order chi connectivity index (χ0) is 23.9. The molecule has 8 nitrogen and oxygen atoms in total. The summed E-state index contributed by atoms with van der Waals surface area (Å²) in [5.74, 6) is 0.882. The molecule has 0 atom stereocenters. The summed E-state index contributed by atoms with van der Waals surface area (Å²) in [6.45, 7) is 0. The highest BCUT2D eigenvalue weighted by atomic mass is 16.6. The molecule has 0 saturated heterocycles. The van der Waals surface area contributed by atoms with Crippen molar-refractivity contribution >= 4 is 35.2 Å². The Morgan fingerprint density at radius 2 is 1.68 bits per heavy atom. The lowest BCUT2D eigenvalue weighted by atomic mass is 10.1. The van der Waals surface area contributed by atoms with Crippen LogP contribution in [0.5, 0.6) is 0 Å². The van der Waals surface area contributed by atoms with Gasteiger partial charge in [0.1, 0.15) is 17.3 Å². The Bertz CT molecular complexity index is 1380. The van der Waals surface area contributed by atoms with Crippen LogP contribution < -0.4 is 5.32 Å². The molecule has 0 unspecified atom stereocenters. The molecular formula is C26H18N2O6. The summed E-state index contributed by atoms with van der Waals surface area (Å²) in [7, 11) is 0. The van der Waals surface area contributed by atoms with E-state index >= 15 is 0 Å². The fraction of sp³-hybridized carbons (Fsp3) is 0. The number of furan rings is 2. The molecule has 2 heterocycles. The molecule has 2 aromatic heterocycles. The first-order valence-electron chi connectivity index (χ1n) is 10.2. The maximum Gasteiger partial charge on any atom is 0.270 e. The summed E-state index contributed by atoms with van der Waals surface area (Å²) in [5.41, 5.74) is 1.51. The van der Waals surface area contributed by atoms with Crippen LogP contribution in [-0.4, -0.2) is 16.6 Å². The van der Waals surface area contributed by atoms with Gasteiger partial charge in [-0.3, -0.25) is 19.7 Å². The number of benzene rings is 2. The number of hydrogen-bond donors (Lipinski definition) is 1. The van der Waals surface area contributed by atoms with E-state index < -0.39 is 4.92 Å². The number of nitrogens with zero attached hydrogens (tertiary/aromatic N) is 1. The second kappa shape index (κ2) is 10.1. The number of allylic oxidation sites excluding steroid dienone is 1. The molecule has 34 heavy (non-hydrogen) atoms. The molecule has 0 radical (unpaired) electrons. The first kappa shape index (κ1) is 22.2. The summed E-state index contributed by atoms with van der Waals surface area (Å²) < 4.78 is 10.8. The van der Waals surface area contributed by atoms with Crippen LogP contribution in [0.1, 0.15) is 21.9 Å². The summed E-state index contributed by atoms with van der Waals surface area (Å²) in [5, 5.41) is 13.7. The van der Waals surface area contributed by atoms with Crippen LogP contribution in [-0.2, 0) is 4.79 Å². The zero-order valence-electron chi connectivity index (χ0n) is 17.7. The summed E-state index contributed by atoms with van der Waals surface area (Å²) in [4.78, 5) is 34.9. The van der Waals surface area contributed by atoms with Crippen molar-refractivity contribution in [2.75, 3.05) is 5.32 Å². The number of rotatable bonds is 8. The predicted molar refractivity (Wildman–Crippen MR) is 127 cm³/mol. The summed E-state index contributed by atoms with van der Waals surface area (Å²) in [6, 6.07) is 19.4. The molecule has 8 heteroatoms. The maximum atomic E-state index is 12.5. The third kappa shape index (κ3) is 5.63. The van der Waals surface area contributed by atoms with Crippen LogP contribution in [0.25, 0.3) is 23.5 Å². The van der Waals surface area contributed by atoms with E-state index in [1.54, 1.807) is 66.7 Å². The van der Waals surface area contributed by atoms with Gasteiger partial charge in [0.05, 0.1) is 11.2 Å². The minimum atomic E-state index is -0.472. The molecule has 4 aromatic rings. The quantitative estimate of drug-likeness (QED) is 0.151. The van der Waals surface area contributed by atoms with Crippen molar-refractivity contribution in [3.8, 4) is 11.3 Å². The standard InChI is InChI=1S/C26H18N2O6/c29-24(13-10-23-11-14-25(34-23)19-3-1-4-21(17-19)28(31)32)18-6-8-20(9-7-18)27-26(30)15-12-22-5-2-16-33-22/h1-17H,(H,27,30)/b13-10+,15-12+. The number of amides is 1. The van der Waals surface area contributed by atoms with Crippen LogP contribution >= 0.6 is 0 Å². The van der Waals surface area contributed by atoms with E-state index in [2.05, 4.69) is 5.32 Å². The lowest BCUT2D eigenvalue weighted by Gasteiger charge is -2.03. The molecule has 0 aliphatic carbocycles. The number of hydrogen-bond acceptors (Lipinski definition) is 6. The minimum Gasteiger partial charge on any atom is -0.465 e. The third-order valence-electron chi connectivity index (χ3n) is 4.75. The second-order valence-electron chi connectivity index (χ2n) is 7.12. The lowest BCUT2D eigenvalue weighted by Crippen LogP contribution is -2.07. The highest BCUT2D eigenvalue weighted by molar-refractivity contribution is 6.07. The number of ketones is 1. The van der Waals surface area contributed by atoms with Gasteiger partial charge >= 0.3 is 0 Å². The molecule has 0 aliphatic heterocycles. The highest BCUT2D eigenvalue weighted by Crippen LogP contribution is 2.26. The summed E-state index contributed by atoms with van der Waals surface area (Å²) in [6.07, 6.45) is 7.32. The molecule has 0 fully saturated rings. The van der Waals surface area contributed by atoms with Crippen LogP contribution in [0.3, 0.4) is 0 Å². The van der Waals surface area contributed by atoms with Gasteiger partial charge in [-0.15, -0.1) is 0 Å². The average Bonchev–Trinajstić information content (AvgIpc) is 3.54. The van der Waals surface area contributed by atoms with Crippen LogP contribution in [0, 0.1) is 10.1 Å². The van der Waals surface area contributed by atoms with E-state index in [4.69, 9.17) is 8.83 Å². The van der Waals surface area contributed by atoms with Crippen molar-refractivity contribution in [2.24, 2.45) is 0 Å². The first-order valence-corrected chi connectivity index (χ1v) is 10.2. The molecule has 0 saturated carbocycles. The van der Waals surface area contributed by atoms with Gasteiger partial charge < -0.3 is 14.2 Å². The number of nitro benzene ring substituents is 1. The van der Waals surface area contributed by atoms with E-state index in [0.717, 1.165) is 0 Å². The maximum absolute atomic E-state index is 12.5. The van der Waals surface area contributed by atoms with Gasteiger partial charge in [0.15, 0.2) is 5.78 Å². The SMILES string of the molecule is O=C(/C=C/c1ccco1)Nc1ccc(C(=O)/C=C/c2ccc(-c3cccc([N+](=O)[O-])c3)o2)cc1. The Morgan fingerprint density at radius 1 is 0.882 bits per heavy atom. The largest absolute Gasteiger partial charge is 0.465 e. The smallest absolute Gasteiger partial charge is 0.270 e. The second-order valence-corrected chi connectivity index (χ2v) is 7.12. The van der Waals surface area contributed by atoms with Crippen molar-refractivity contribution in [3.05, 3.63) is 118 Å². The molecular weight excluding hydrogens is 436 g/mol. The Morgan fingerprint density at radius 3 is 2.41 bits per heavy atom. The number of anilines is 1. The first-order chi connectivity index (χ1) is 16.5. The van der Waals surface area contributed by atoms with Crippen molar-refractivity contribution in [3.63, 3.8) is 0 Å². The fourth-order valence-electron chi connectivity index (χ4n) is 3.07. The molecule has 0 spiro atoms. The van der Waals surface area contributed by atoms with Crippen molar-refractivity contribution < 1.29 is 23.3 Å². The van der Waals surface area contributed by atoms with Gasteiger partial charge in [-0.25, -0.2) is 0 Å². The lowest BCUT2D eigenvalue weighted by molar-refractivity contribution is -0.384. The molecule has 0 bridgehead atoms. The molecule has 4 rings (SSSR count). The van der Waals surface area contributed by atoms with Crippen molar-refractivity contribution in [1.29, 1.82) is 0 Å². The van der Waals surface area contributed by atoms with E-state index in [-0.39, 0.29) is 17.4 Å². The third-order valence-corrected chi connectivity index (χ3v) is 4.75. The molecule has 1 N–H and O–H groups in total. The van der Waals surface area contributed by atoms with Gasteiger partial charge in [0.25, 0.3) is 5.69 Å². The van der Waals surface area contributed by atoms with E-state index in [1.165, 1.54) is 36.6 Å². The van der Waals surface area contributed by atoms with Crippen LogP contribution in [0.15, 0.2) is 100 Å². The minimum absolute atomic E-state index is 0.0330. The number of nitro groups is 1. The zero-order valence-corrected chi connectivity index (χ0v) is 17.7. The van der Waals surface area contributed by atoms with Gasteiger partial charge in [-0.2, -0.15) is 0 Å². The Labute approximate surface area is 194 Å². The monoisotopic (exact) mass is 454 g/mol. The van der Waals surface area contributed by atoms with Gasteiger partial charge in [-0.05, 0) is 66.8 Å². The molecule has 2 aromatic carbocycles. The van der Waals surface area contributed by atoms with Crippen LogP contribution in [0.4, 0.5) is 11.4 Å². The molecule has 168 valence electrons. The average molecular weight is 454 g/mol. The number of non-ortho nitro benzene ring substituents is 1. The number of carbonyl (C=O) groups excluding carboxylic acids is 2. The Balaban J connectivity index is 1.36. The highest BCUT2D eigenvalue weighted by Gasteiger charge is 2.10. The predicted octanol–water partition coefficient (Wildman–Crippen LogP) is 6.00. The summed E-state index contributed by atoms with van der Waals surface area (Å²) >= 11 is 0. The van der Waals surface area contributed by atoms with Gasteiger partial charge in [0.2, 0.25) is 5.91 Å². The van der Waals surface area contributed by atoms with Gasteiger partial charge in [-0.1, -0.05) is 12.1 Å². The van der Waals surface area contributed by atoms with Crippen molar-refractivity contribution in [2.45, 2.75) is 0 Å². The van der Waals surface area contributed by atoms with Crippen LogP contribution in [0.2, 0.25) is 0 Å². The number of carbonyl (C=O) groups is 2. The normalized spacial score (nSPS) is 11.2. The number of nitrogens with one attached hydrogen (secondary N) is 1. The van der Waals surface area contributed by atoms with E-state index in [1.807, 2.05) is 0 Å². The van der Waals surface area contributed by atoms with Gasteiger partial charge in [0, 0.05) is 35.0 Å².